The number of hydrogen-bond acceptors (Lipinski definition) is 5. The monoisotopic (exact) mass is 314 g/mol. The standard InChI is InChI=1S/C15H22O5S/c1-4-6-12(15(16)20-5-2)11-21(17,18)14-9-7-13(19-3)8-10-14/h7-10,12H,4-6,11H2,1-3H3. The summed E-state index contributed by atoms with van der Waals surface area (Å²) >= 11 is 0. The molecule has 5 nitrogen and oxygen atoms in total. The van der Waals surface area contributed by atoms with E-state index in [1.54, 1.807) is 19.1 Å². The van der Waals surface area contributed by atoms with Crippen LogP contribution in [-0.2, 0) is 19.4 Å². The molecule has 21 heavy (non-hydrogen) atoms. The van der Waals surface area contributed by atoms with Crippen LogP contribution in [-0.4, -0.2) is 33.9 Å². The largest absolute Gasteiger partial charge is 0.497 e. The smallest absolute Gasteiger partial charge is 0.309 e. The van der Waals surface area contributed by atoms with Gasteiger partial charge >= 0.3 is 5.97 Å². The lowest BCUT2D eigenvalue weighted by Gasteiger charge is -2.15. The summed E-state index contributed by atoms with van der Waals surface area (Å²) in [6.45, 7) is 3.87. The fraction of sp³-hybridized carbons (Fsp3) is 0.533. The number of rotatable bonds is 8. The van der Waals surface area contributed by atoms with Crippen molar-refractivity contribution < 1.29 is 22.7 Å². The fourth-order valence-electron chi connectivity index (χ4n) is 2.02. The van der Waals surface area contributed by atoms with Gasteiger partial charge in [0.2, 0.25) is 0 Å². The zero-order valence-electron chi connectivity index (χ0n) is 12.7. The Hall–Kier alpha value is -1.56. The highest BCUT2D eigenvalue weighted by atomic mass is 32.2. The number of esters is 1. The zero-order valence-corrected chi connectivity index (χ0v) is 13.5. The maximum absolute atomic E-state index is 12.4. The Morgan fingerprint density at radius 2 is 1.81 bits per heavy atom. The summed E-state index contributed by atoms with van der Waals surface area (Å²) in [7, 11) is -2.01. The van der Waals surface area contributed by atoms with Crippen LogP contribution >= 0.6 is 0 Å². The van der Waals surface area contributed by atoms with Gasteiger partial charge in [0, 0.05) is 0 Å². The van der Waals surface area contributed by atoms with Crippen molar-refractivity contribution in [2.24, 2.45) is 5.92 Å². The highest BCUT2D eigenvalue weighted by Crippen LogP contribution is 2.21. The van der Waals surface area contributed by atoms with E-state index in [2.05, 4.69) is 0 Å². The van der Waals surface area contributed by atoms with E-state index in [4.69, 9.17) is 9.47 Å². The molecule has 0 aliphatic rings. The fourth-order valence-corrected chi connectivity index (χ4v) is 3.60. The molecule has 0 heterocycles. The highest BCUT2D eigenvalue weighted by molar-refractivity contribution is 7.91. The van der Waals surface area contributed by atoms with E-state index < -0.39 is 21.7 Å². The molecule has 0 saturated heterocycles. The minimum absolute atomic E-state index is 0.189. The van der Waals surface area contributed by atoms with Gasteiger partial charge in [-0.1, -0.05) is 13.3 Å². The summed E-state index contributed by atoms with van der Waals surface area (Å²) < 4.78 is 34.7. The van der Waals surface area contributed by atoms with Crippen LogP contribution in [0.25, 0.3) is 0 Å². The van der Waals surface area contributed by atoms with Crippen LogP contribution in [0.3, 0.4) is 0 Å². The molecule has 0 radical (unpaired) electrons. The molecular formula is C15H22O5S. The van der Waals surface area contributed by atoms with Crippen LogP contribution in [0.5, 0.6) is 5.75 Å². The van der Waals surface area contributed by atoms with Gasteiger partial charge in [-0.2, -0.15) is 0 Å². The van der Waals surface area contributed by atoms with Crippen LogP contribution in [0.4, 0.5) is 0 Å². The molecule has 0 amide bonds. The lowest BCUT2D eigenvalue weighted by Crippen LogP contribution is -2.26. The first kappa shape index (κ1) is 17.5. The summed E-state index contributed by atoms with van der Waals surface area (Å²) in [4.78, 5) is 12.0. The predicted molar refractivity (Wildman–Crippen MR) is 80.1 cm³/mol. The Kier molecular flexibility index (Phi) is 6.68. The van der Waals surface area contributed by atoms with Crippen molar-refractivity contribution in [1.29, 1.82) is 0 Å². The van der Waals surface area contributed by atoms with Crippen LogP contribution in [0.1, 0.15) is 26.7 Å². The molecule has 1 atom stereocenters. The van der Waals surface area contributed by atoms with Crippen molar-refractivity contribution in [1.82, 2.24) is 0 Å². The van der Waals surface area contributed by atoms with E-state index in [1.165, 1.54) is 19.2 Å². The third kappa shape index (κ3) is 5.04. The minimum Gasteiger partial charge on any atom is -0.497 e. The molecule has 0 bridgehead atoms. The summed E-state index contributed by atoms with van der Waals surface area (Å²) in [6, 6.07) is 6.16. The number of ether oxygens (including phenoxy) is 2. The SMILES string of the molecule is CCCC(CS(=O)(=O)c1ccc(OC)cc1)C(=O)OCC. The number of carbonyl (C=O) groups excluding carboxylic acids is 1. The number of methoxy groups -OCH3 is 1. The van der Waals surface area contributed by atoms with Gasteiger partial charge in [-0.15, -0.1) is 0 Å². The van der Waals surface area contributed by atoms with Gasteiger partial charge in [0.15, 0.2) is 9.84 Å². The molecule has 1 aromatic carbocycles. The van der Waals surface area contributed by atoms with Crippen molar-refractivity contribution in [3.05, 3.63) is 24.3 Å². The summed E-state index contributed by atoms with van der Waals surface area (Å²) in [6.07, 6.45) is 1.22. The first-order valence-electron chi connectivity index (χ1n) is 6.98. The van der Waals surface area contributed by atoms with Crippen molar-refractivity contribution >= 4 is 15.8 Å². The second-order valence-corrected chi connectivity index (χ2v) is 6.73. The molecule has 0 N–H and O–H groups in total. The van der Waals surface area contributed by atoms with E-state index in [1.807, 2.05) is 6.92 Å². The molecule has 118 valence electrons. The average molecular weight is 314 g/mol. The minimum atomic E-state index is -3.53. The van der Waals surface area contributed by atoms with Gasteiger partial charge in [-0.25, -0.2) is 8.42 Å². The summed E-state index contributed by atoms with van der Waals surface area (Å²) in [5.74, 6) is -0.714. The van der Waals surface area contributed by atoms with Gasteiger partial charge in [-0.3, -0.25) is 4.79 Å². The Labute approximate surface area is 126 Å². The first-order valence-corrected chi connectivity index (χ1v) is 8.63. The van der Waals surface area contributed by atoms with E-state index in [0.29, 0.717) is 12.2 Å². The summed E-state index contributed by atoms with van der Waals surface area (Å²) in [5.41, 5.74) is 0. The number of hydrogen-bond donors (Lipinski definition) is 0. The molecule has 0 aliphatic carbocycles. The third-order valence-corrected chi connectivity index (χ3v) is 4.93. The maximum atomic E-state index is 12.4. The van der Waals surface area contributed by atoms with Crippen LogP contribution in [0.2, 0.25) is 0 Å². The third-order valence-electron chi connectivity index (χ3n) is 3.10. The van der Waals surface area contributed by atoms with E-state index in [9.17, 15) is 13.2 Å². The van der Waals surface area contributed by atoms with Gasteiger partial charge in [0.25, 0.3) is 0 Å². The van der Waals surface area contributed by atoms with Gasteiger partial charge in [0.1, 0.15) is 5.75 Å². The maximum Gasteiger partial charge on any atom is 0.309 e. The quantitative estimate of drug-likeness (QED) is 0.689. The van der Waals surface area contributed by atoms with Gasteiger partial charge in [0.05, 0.1) is 30.3 Å². The molecule has 1 unspecified atom stereocenters. The summed E-state index contributed by atoms with van der Waals surface area (Å²) in [5, 5.41) is 0. The Morgan fingerprint density at radius 1 is 1.19 bits per heavy atom. The number of sulfone groups is 1. The Morgan fingerprint density at radius 3 is 2.29 bits per heavy atom. The van der Waals surface area contributed by atoms with E-state index >= 15 is 0 Å². The van der Waals surface area contributed by atoms with E-state index in [-0.39, 0.29) is 17.3 Å². The van der Waals surface area contributed by atoms with Crippen LogP contribution < -0.4 is 4.74 Å². The van der Waals surface area contributed by atoms with Crippen molar-refractivity contribution in [2.75, 3.05) is 19.5 Å². The van der Waals surface area contributed by atoms with Crippen molar-refractivity contribution in [3.63, 3.8) is 0 Å². The van der Waals surface area contributed by atoms with Crippen molar-refractivity contribution in [3.8, 4) is 5.75 Å². The second-order valence-electron chi connectivity index (χ2n) is 4.69. The zero-order chi connectivity index (χ0) is 15.9. The molecule has 1 rings (SSSR count). The van der Waals surface area contributed by atoms with Crippen LogP contribution in [0, 0.1) is 5.92 Å². The second kappa shape index (κ2) is 8.02. The molecule has 6 heteroatoms. The highest BCUT2D eigenvalue weighted by Gasteiger charge is 2.27. The normalized spacial score (nSPS) is 12.7. The first-order chi connectivity index (χ1) is 9.94. The number of benzene rings is 1. The van der Waals surface area contributed by atoms with Gasteiger partial charge in [-0.05, 0) is 37.6 Å². The average Bonchev–Trinajstić information content (AvgIpc) is 2.47. The van der Waals surface area contributed by atoms with Gasteiger partial charge < -0.3 is 9.47 Å². The Balaban J connectivity index is 2.91. The van der Waals surface area contributed by atoms with Crippen molar-refractivity contribution in [2.45, 2.75) is 31.6 Å². The molecule has 0 fully saturated rings. The number of carbonyl (C=O) groups is 1. The molecule has 1 aromatic rings. The molecular weight excluding hydrogens is 292 g/mol. The Bertz CT molecular complexity index is 548. The lowest BCUT2D eigenvalue weighted by atomic mass is 10.1. The lowest BCUT2D eigenvalue weighted by molar-refractivity contribution is -0.147. The molecule has 0 saturated carbocycles. The predicted octanol–water partition coefficient (Wildman–Crippen LogP) is 2.45. The van der Waals surface area contributed by atoms with E-state index in [0.717, 1.165) is 6.42 Å². The molecule has 0 aromatic heterocycles. The topological polar surface area (TPSA) is 69.7 Å². The van der Waals surface area contributed by atoms with Crippen LogP contribution in [0.15, 0.2) is 29.2 Å². The molecule has 0 aliphatic heterocycles. The molecule has 0 spiro atoms.